The fourth-order valence-corrected chi connectivity index (χ4v) is 4.37. The van der Waals surface area contributed by atoms with Crippen LogP contribution in [-0.2, 0) is 19.6 Å². The summed E-state index contributed by atoms with van der Waals surface area (Å²) in [7, 11) is -4.54. The van der Waals surface area contributed by atoms with E-state index >= 15 is 0 Å². The summed E-state index contributed by atoms with van der Waals surface area (Å²) in [4.78, 5) is 37.1. The highest BCUT2D eigenvalue weighted by Gasteiger charge is 2.39. The molecular formula is C16H17N7O6S. The molecule has 0 radical (unpaired) electrons. The lowest BCUT2D eigenvalue weighted by Gasteiger charge is -2.29. The van der Waals surface area contributed by atoms with Crippen molar-refractivity contribution < 1.29 is 28.2 Å². The molecule has 7 N–H and O–H groups in total. The summed E-state index contributed by atoms with van der Waals surface area (Å²) in [6, 6.07) is 3.26. The average Bonchev–Trinajstić information content (AvgIpc) is 3.12. The van der Waals surface area contributed by atoms with Crippen LogP contribution in [0.4, 0.5) is 17.5 Å². The lowest BCUT2D eigenvalue weighted by atomic mass is 10.1. The van der Waals surface area contributed by atoms with E-state index in [0.717, 1.165) is 0 Å². The summed E-state index contributed by atoms with van der Waals surface area (Å²) < 4.78 is 27.4. The molecule has 1 aromatic carbocycles. The van der Waals surface area contributed by atoms with E-state index in [1.807, 2.05) is 0 Å². The molecule has 158 valence electrons. The summed E-state index contributed by atoms with van der Waals surface area (Å²) in [5.41, 5.74) is 11.6. The number of aliphatic carboxylic acids is 2. The van der Waals surface area contributed by atoms with Gasteiger partial charge >= 0.3 is 11.9 Å². The molecule has 14 heteroatoms. The van der Waals surface area contributed by atoms with E-state index in [1.54, 1.807) is 0 Å². The molecule has 0 aliphatic rings. The fraction of sp³-hybridized carbons (Fsp3) is 0.188. The molecule has 3 rings (SSSR count). The predicted octanol–water partition coefficient (Wildman–Crippen LogP) is 0.0306. The first-order valence-corrected chi connectivity index (χ1v) is 9.86. The number of sulfonamides is 1. The van der Waals surface area contributed by atoms with Gasteiger partial charge in [-0.15, -0.1) is 0 Å². The Bertz CT molecular complexity index is 1210. The number of hydrogen-bond acceptors (Lipinski definition) is 9. The van der Waals surface area contributed by atoms with Crippen molar-refractivity contribution in [2.75, 3.05) is 15.8 Å². The molecule has 1 atom stereocenters. The third kappa shape index (κ3) is 3.93. The largest absolute Gasteiger partial charge is 0.481 e. The number of rotatable bonds is 8. The Balaban J connectivity index is 2.27. The van der Waals surface area contributed by atoms with Gasteiger partial charge in [0.05, 0.1) is 11.2 Å². The van der Waals surface area contributed by atoms with E-state index in [0.29, 0.717) is 9.99 Å². The number of carboxylic acid groups (broad SMARTS) is 2. The van der Waals surface area contributed by atoms with Crippen molar-refractivity contribution in [1.82, 2.24) is 19.9 Å². The number of nitrogens with zero attached hydrogens (tertiary/aromatic N) is 4. The molecule has 0 spiro atoms. The first kappa shape index (κ1) is 20.8. The Hall–Kier alpha value is -3.94. The van der Waals surface area contributed by atoms with E-state index in [1.165, 1.54) is 30.6 Å². The van der Waals surface area contributed by atoms with Gasteiger partial charge in [-0.25, -0.2) is 22.5 Å². The number of fused-ring (bicyclic) bond motifs is 1. The first-order chi connectivity index (χ1) is 14.1. The normalized spacial score (nSPS) is 12.5. The van der Waals surface area contributed by atoms with Gasteiger partial charge in [0.1, 0.15) is 11.6 Å². The number of imidazole rings is 1. The molecule has 30 heavy (non-hydrogen) atoms. The van der Waals surface area contributed by atoms with Crippen molar-refractivity contribution in [2.45, 2.75) is 23.8 Å². The van der Waals surface area contributed by atoms with Crippen LogP contribution in [0.1, 0.15) is 12.8 Å². The van der Waals surface area contributed by atoms with Crippen molar-refractivity contribution in [1.29, 1.82) is 0 Å². The monoisotopic (exact) mass is 435 g/mol. The van der Waals surface area contributed by atoms with Crippen molar-refractivity contribution in [3.05, 3.63) is 30.6 Å². The van der Waals surface area contributed by atoms with E-state index in [9.17, 15) is 23.1 Å². The van der Waals surface area contributed by atoms with Gasteiger partial charge in [-0.2, -0.15) is 9.97 Å². The number of aromatic nitrogens is 4. The predicted molar refractivity (Wildman–Crippen MR) is 105 cm³/mol. The van der Waals surface area contributed by atoms with Crippen LogP contribution in [0.15, 0.2) is 35.5 Å². The Morgan fingerprint density at radius 1 is 1.13 bits per heavy atom. The molecule has 0 unspecified atom stereocenters. The van der Waals surface area contributed by atoms with Crippen molar-refractivity contribution >= 4 is 50.6 Å². The maximum atomic E-state index is 13.5. The third-order valence-corrected chi connectivity index (χ3v) is 5.94. The summed E-state index contributed by atoms with van der Waals surface area (Å²) in [5, 5.41) is 18.7. The quantitative estimate of drug-likeness (QED) is 0.297. The minimum absolute atomic E-state index is 0.0115. The van der Waals surface area contributed by atoms with Gasteiger partial charge in [0, 0.05) is 12.1 Å². The summed E-state index contributed by atoms with van der Waals surface area (Å²) in [6.07, 6.45) is 0.0825. The highest BCUT2D eigenvalue weighted by atomic mass is 32.2. The van der Waals surface area contributed by atoms with Gasteiger partial charge in [-0.1, -0.05) is 0 Å². The fourth-order valence-electron chi connectivity index (χ4n) is 2.78. The molecule has 0 saturated heterocycles. The minimum Gasteiger partial charge on any atom is -0.481 e. The van der Waals surface area contributed by atoms with Gasteiger partial charge < -0.3 is 26.7 Å². The van der Waals surface area contributed by atoms with Crippen LogP contribution < -0.4 is 15.8 Å². The zero-order chi connectivity index (χ0) is 22.1. The van der Waals surface area contributed by atoms with E-state index in [-0.39, 0.29) is 27.8 Å². The first-order valence-electron chi connectivity index (χ1n) is 8.42. The number of H-pyrrole nitrogens is 1. The molecule has 0 aliphatic carbocycles. The molecule has 0 saturated carbocycles. The van der Waals surface area contributed by atoms with Gasteiger partial charge in [0.25, 0.3) is 10.0 Å². The molecule has 3 aromatic rings. The molecule has 0 amide bonds. The topological polar surface area (TPSA) is 218 Å². The van der Waals surface area contributed by atoms with Crippen molar-refractivity contribution in [3.8, 4) is 0 Å². The van der Waals surface area contributed by atoms with Gasteiger partial charge in [-0.05, 0) is 30.7 Å². The highest BCUT2D eigenvalue weighted by Crippen LogP contribution is 2.31. The molecule has 2 aromatic heterocycles. The van der Waals surface area contributed by atoms with Crippen LogP contribution in [0.25, 0.3) is 11.2 Å². The van der Waals surface area contributed by atoms with Crippen molar-refractivity contribution in [3.63, 3.8) is 0 Å². The number of nitrogens with two attached hydrogens (primary N) is 2. The SMILES string of the molecule is Nc1ccc(S(=O)(=O)N(c2nc(N)nc3nc[nH]c23)[C@@H](CCC(=O)O)C(=O)O)cc1. The number of benzene rings is 1. The zero-order valence-corrected chi connectivity index (χ0v) is 16.1. The number of nitrogens with one attached hydrogen (secondary N) is 1. The second-order valence-electron chi connectivity index (χ2n) is 6.16. The lowest BCUT2D eigenvalue weighted by molar-refractivity contribution is -0.139. The summed E-state index contributed by atoms with van der Waals surface area (Å²) >= 11 is 0. The molecular weight excluding hydrogens is 418 g/mol. The Morgan fingerprint density at radius 3 is 2.40 bits per heavy atom. The molecule has 0 aliphatic heterocycles. The van der Waals surface area contributed by atoms with Crippen LogP contribution in [-0.4, -0.2) is 56.5 Å². The standard InChI is InChI=1S/C16H17N7O6S/c17-8-1-3-9(4-2-8)30(28,29)23(10(15(26)27)5-6-11(24)25)14-12-13(20-7-19-12)21-16(18)22-14/h1-4,7,10H,5-6,17H2,(H,24,25)(H,26,27)(H3,18,19,20,21,22)/t10-/m0/s1. The Labute approximate surface area is 169 Å². The second-order valence-corrected chi connectivity index (χ2v) is 7.98. The Morgan fingerprint density at radius 2 is 1.80 bits per heavy atom. The maximum absolute atomic E-state index is 13.5. The van der Waals surface area contributed by atoms with Crippen LogP contribution in [0.3, 0.4) is 0 Å². The smallest absolute Gasteiger partial charge is 0.327 e. The van der Waals surface area contributed by atoms with E-state index in [4.69, 9.17) is 16.6 Å². The number of aromatic amines is 1. The number of carboxylic acids is 2. The van der Waals surface area contributed by atoms with Gasteiger partial charge in [0.2, 0.25) is 5.95 Å². The second kappa shape index (κ2) is 7.82. The zero-order valence-electron chi connectivity index (χ0n) is 15.3. The number of anilines is 3. The maximum Gasteiger partial charge on any atom is 0.327 e. The molecule has 0 bridgehead atoms. The third-order valence-electron chi connectivity index (χ3n) is 4.13. The van der Waals surface area contributed by atoms with Crippen LogP contribution >= 0.6 is 0 Å². The highest BCUT2D eigenvalue weighted by molar-refractivity contribution is 7.93. The number of hydrogen-bond donors (Lipinski definition) is 5. The molecule has 0 fully saturated rings. The van der Waals surface area contributed by atoms with Crippen LogP contribution in [0.5, 0.6) is 0 Å². The summed E-state index contributed by atoms with van der Waals surface area (Å²) in [6.45, 7) is 0. The van der Waals surface area contributed by atoms with E-state index < -0.39 is 40.8 Å². The minimum atomic E-state index is -4.54. The average molecular weight is 435 g/mol. The van der Waals surface area contributed by atoms with Gasteiger partial charge in [0.15, 0.2) is 11.5 Å². The Kier molecular flexibility index (Phi) is 5.42. The number of nitrogen functional groups attached to an aromatic ring is 2. The van der Waals surface area contributed by atoms with Crippen LogP contribution in [0.2, 0.25) is 0 Å². The lowest BCUT2D eigenvalue weighted by Crippen LogP contribution is -2.46. The summed E-state index contributed by atoms with van der Waals surface area (Å²) in [5.74, 6) is -3.57. The van der Waals surface area contributed by atoms with Gasteiger partial charge in [-0.3, -0.25) is 4.79 Å². The molecule has 2 heterocycles. The van der Waals surface area contributed by atoms with E-state index in [2.05, 4.69) is 19.9 Å². The molecule has 13 nitrogen and oxygen atoms in total. The number of carbonyl (C=O) groups is 2. The van der Waals surface area contributed by atoms with Crippen molar-refractivity contribution in [2.24, 2.45) is 0 Å². The van der Waals surface area contributed by atoms with Crippen LogP contribution in [0, 0.1) is 0 Å².